The van der Waals surface area contributed by atoms with E-state index in [1.807, 2.05) is 0 Å². The average molecular weight is 194 g/mol. The molecular weight excluding hydrogens is 180 g/mol. The molecule has 1 fully saturated rings. The Balaban J connectivity index is 2.73. The predicted octanol–water partition coefficient (Wildman–Crippen LogP) is -2.83. The summed E-state index contributed by atoms with van der Waals surface area (Å²) in [6.07, 6.45) is -5.58. The Morgan fingerprint density at radius 1 is 1.23 bits per heavy atom. The van der Waals surface area contributed by atoms with Gasteiger partial charge in [-0.05, 0) is 6.92 Å². The van der Waals surface area contributed by atoms with E-state index in [9.17, 15) is 10.2 Å². The van der Waals surface area contributed by atoms with Crippen molar-refractivity contribution in [2.45, 2.75) is 37.1 Å². The van der Waals surface area contributed by atoms with Gasteiger partial charge in [0.05, 0.1) is 6.61 Å². The Morgan fingerprint density at radius 2 is 1.77 bits per heavy atom. The normalized spacial score (nSPS) is 44.8. The van der Waals surface area contributed by atoms with Crippen LogP contribution >= 0.6 is 0 Å². The fraction of sp³-hybridized carbons (Fsp3) is 1.00. The second-order valence-corrected chi connectivity index (χ2v) is 3.44. The van der Waals surface area contributed by atoms with Gasteiger partial charge in [-0.25, -0.2) is 0 Å². The molecule has 78 valence electrons. The number of aliphatic hydroxyl groups is 5. The molecular formula is C7H14O6. The zero-order valence-electron chi connectivity index (χ0n) is 7.16. The third kappa shape index (κ3) is 1.83. The first-order chi connectivity index (χ1) is 5.90. The average Bonchev–Trinajstić information content (AvgIpc) is 2.33. The van der Waals surface area contributed by atoms with E-state index in [4.69, 9.17) is 15.3 Å². The quantitative estimate of drug-likeness (QED) is 0.324. The van der Waals surface area contributed by atoms with E-state index in [0.29, 0.717) is 0 Å². The monoisotopic (exact) mass is 194 g/mol. The lowest BCUT2D eigenvalue weighted by molar-refractivity contribution is -0.179. The SMILES string of the molecule is C[C@@](O)(CO)[C@H]1O[C@H](O)[C@H](O)[C@H]1O. The predicted molar refractivity (Wildman–Crippen MR) is 40.6 cm³/mol. The molecule has 0 aromatic carbocycles. The van der Waals surface area contributed by atoms with Gasteiger partial charge in [0.1, 0.15) is 23.9 Å². The third-order valence-corrected chi connectivity index (χ3v) is 2.17. The van der Waals surface area contributed by atoms with Crippen LogP contribution in [0.25, 0.3) is 0 Å². The van der Waals surface area contributed by atoms with Gasteiger partial charge in [0.2, 0.25) is 0 Å². The fourth-order valence-electron chi connectivity index (χ4n) is 1.26. The second kappa shape index (κ2) is 3.49. The van der Waals surface area contributed by atoms with Gasteiger partial charge in [0, 0.05) is 0 Å². The maximum Gasteiger partial charge on any atom is 0.184 e. The molecule has 6 heteroatoms. The van der Waals surface area contributed by atoms with Crippen LogP contribution < -0.4 is 0 Å². The van der Waals surface area contributed by atoms with Crippen molar-refractivity contribution in [3.63, 3.8) is 0 Å². The summed E-state index contributed by atoms with van der Waals surface area (Å²) < 4.78 is 4.69. The van der Waals surface area contributed by atoms with Gasteiger partial charge in [0.25, 0.3) is 0 Å². The van der Waals surface area contributed by atoms with Crippen LogP contribution in [-0.2, 0) is 4.74 Å². The van der Waals surface area contributed by atoms with Crippen LogP contribution in [0.15, 0.2) is 0 Å². The van der Waals surface area contributed by atoms with Gasteiger partial charge in [-0.2, -0.15) is 0 Å². The zero-order valence-corrected chi connectivity index (χ0v) is 7.16. The molecule has 0 amide bonds. The van der Waals surface area contributed by atoms with Crippen LogP contribution in [0.3, 0.4) is 0 Å². The van der Waals surface area contributed by atoms with E-state index < -0.39 is 36.8 Å². The summed E-state index contributed by atoms with van der Waals surface area (Å²) in [5.41, 5.74) is -1.68. The van der Waals surface area contributed by atoms with E-state index in [1.54, 1.807) is 0 Å². The summed E-state index contributed by atoms with van der Waals surface area (Å²) in [7, 11) is 0. The highest BCUT2D eigenvalue weighted by molar-refractivity contribution is 4.96. The summed E-state index contributed by atoms with van der Waals surface area (Å²) in [5, 5.41) is 45.6. The van der Waals surface area contributed by atoms with Crippen molar-refractivity contribution in [1.29, 1.82) is 0 Å². The van der Waals surface area contributed by atoms with Crippen LogP contribution in [-0.4, -0.2) is 62.3 Å². The zero-order chi connectivity index (χ0) is 10.2. The van der Waals surface area contributed by atoms with Gasteiger partial charge in [0.15, 0.2) is 6.29 Å². The molecule has 1 saturated heterocycles. The summed E-state index contributed by atoms with van der Waals surface area (Å²) in [6.45, 7) is 0.611. The molecule has 0 unspecified atom stereocenters. The summed E-state index contributed by atoms with van der Waals surface area (Å²) in [5.74, 6) is 0. The molecule has 0 spiro atoms. The van der Waals surface area contributed by atoms with Gasteiger partial charge >= 0.3 is 0 Å². The first-order valence-corrected chi connectivity index (χ1v) is 3.93. The van der Waals surface area contributed by atoms with Crippen molar-refractivity contribution < 1.29 is 30.3 Å². The summed E-state index contributed by atoms with van der Waals surface area (Å²) >= 11 is 0. The van der Waals surface area contributed by atoms with Crippen LogP contribution in [0.1, 0.15) is 6.92 Å². The molecule has 5 N–H and O–H groups in total. The molecule has 1 aliphatic rings. The Morgan fingerprint density at radius 3 is 2.08 bits per heavy atom. The highest BCUT2D eigenvalue weighted by Gasteiger charge is 2.50. The summed E-state index contributed by atoms with van der Waals surface area (Å²) in [4.78, 5) is 0. The number of aliphatic hydroxyl groups excluding tert-OH is 4. The molecule has 0 saturated carbocycles. The lowest BCUT2D eigenvalue weighted by Gasteiger charge is -2.29. The molecule has 0 bridgehead atoms. The number of hydrogen-bond acceptors (Lipinski definition) is 6. The second-order valence-electron chi connectivity index (χ2n) is 3.44. The minimum atomic E-state index is -1.68. The van der Waals surface area contributed by atoms with Crippen molar-refractivity contribution in [3.05, 3.63) is 0 Å². The van der Waals surface area contributed by atoms with Crippen LogP contribution in [0.4, 0.5) is 0 Å². The van der Waals surface area contributed by atoms with Crippen molar-refractivity contribution in [3.8, 4) is 0 Å². The molecule has 1 rings (SSSR count). The van der Waals surface area contributed by atoms with Crippen LogP contribution in [0.2, 0.25) is 0 Å². The number of rotatable bonds is 2. The van der Waals surface area contributed by atoms with Gasteiger partial charge in [-0.1, -0.05) is 0 Å². The highest BCUT2D eigenvalue weighted by Crippen LogP contribution is 2.27. The van der Waals surface area contributed by atoms with Crippen molar-refractivity contribution in [2.75, 3.05) is 6.61 Å². The van der Waals surface area contributed by atoms with E-state index in [0.717, 1.165) is 0 Å². The van der Waals surface area contributed by atoms with Crippen molar-refractivity contribution >= 4 is 0 Å². The highest BCUT2D eigenvalue weighted by atomic mass is 16.7. The standard InChI is InChI=1S/C7H14O6/c1-7(12,2-8)5-3(9)4(10)6(11)13-5/h3-6,8-12H,2H2,1H3/t3-,4-,5+,6+,7-/m1/s1. The molecule has 13 heavy (non-hydrogen) atoms. The van der Waals surface area contributed by atoms with E-state index in [2.05, 4.69) is 4.74 Å². The fourth-order valence-corrected chi connectivity index (χ4v) is 1.26. The Hall–Kier alpha value is -0.240. The first-order valence-electron chi connectivity index (χ1n) is 3.93. The van der Waals surface area contributed by atoms with Crippen LogP contribution in [0.5, 0.6) is 0 Å². The third-order valence-electron chi connectivity index (χ3n) is 2.17. The molecule has 0 aromatic rings. The smallest absolute Gasteiger partial charge is 0.184 e. The van der Waals surface area contributed by atoms with Gasteiger partial charge < -0.3 is 30.3 Å². The minimum Gasteiger partial charge on any atom is -0.393 e. The van der Waals surface area contributed by atoms with Gasteiger partial charge in [-0.15, -0.1) is 0 Å². The summed E-state index contributed by atoms with van der Waals surface area (Å²) in [6, 6.07) is 0. The lowest BCUT2D eigenvalue weighted by Crippen LogP contribution is -2.49. The molecule has 0 aromatic heterocycles. The Kier molecular flexibility index (Phi) is 2.91. The van der Waals surface area contributed by atoms with Crippen molar-refractivity contribution in [1.82, 2.24) is 0 Å². The van der Waals surface area contributed by atoms with Gasteiger partial charge in [-0.3, -0.25) is 0 Å². The molecule has 6 nitrogen and oxygen atoms in total. The first kappa shape index (κ1) is 10.8. The molecule has 0 radical (unpaired) electrons. The largest absolute Gasteiger partial charge is 0.393 e. The van der Waals surface area contributed by atoms with E-state index in [-0.39, 0.29) is 0 Å². The maximum atomic E-state index is 9.47. The topological polar surface area (TPSA) is 110 Å². The van der Waals surface area contributed by atoms with E-state index >= 15 is 0 Å². The molecule has 5 atom stereocenters. The lowest BCUT2D eigenvalue weighted by atomic mass is 9.95. The van der Waals surface area contributed by atoms with E-state index in [1.165, 1.54) is 6.92 Å². The number of ether oxygens (including phenoxy) is 1. The molecule has 1 aliphatic heterocycles. The maximum absolute atomic E-state index is 9.47. The number of hydrogen-bond donors (Lipinski definition) is 5. The minimum absolute atomic E-state index is 0.631. The van der Waals surface area contributed by atoms with Crippen molar-refractivity contribution in [2.24, 2.45) is 0 Å². The molecule has 1 heterocycles. The molecule has 0 aliphatic carbocycles. The van der Waals surface area contributed by atoms with Crippen LogP contribution in [0, 0.1) is 0 Å². The Bertz CT molecular complexity index is 182. The Labute approximate surface area is 75.0 Å².